The first-order valence-corrected chi connectivity index (χ1v) is 11.1. The number of hydrogen-bond acceptors (Lipinski definition) is 6. The van der Waals surface area contributed by atoms with E-state index in [1.54, 1.807) is 7.11 Å². The average molecular weight is 448 g/mol. The highest BCUT2D eigenvalue weighted by Gasteiger charge is 2.18. The summed E-state index contributed by atoms with van der Waals surface area (Å²) < 4.78 is 12.7. The van der Waals surface area contributed by atoms with Crippen LogP contribution in [0.5, 0.6) is 5.75 Å². The zero-order valence-electron chi connectivity index (χ0n) is 17.3. The number of ether oxygens (including phenoxy) is 2. The second-order valence-corrected chi connectivity index (χ2v) is 8.62. The third-order valence-electron chi connectivity index (χ3n) is 4.23. The van der Waals surface area contributed by atoms with Gasteiger partial charge in [-0.05, 0) is 24.1 Å². The molecule has 1 atom stereocenters. The Balaban J connectivity index is 1.87. The highest BCUT2D eigenvalue weighted by molar-refractivity contribution is 7.99. The maximum Gasteiger partial charge on any atom is 0.196 e. The van der Waals surface area contributed by atoms with Crippen LogP contribution in [0.25, 0.3) is 17.1 Å². The molecule has 0 fully saturated rings. The van der Waals surface area contributed by atoms with Crippen LogP contribution in [0.15, 0.2) is 53.7 Å². The Morgan fingerprint density at radius 2 is 1.87 bits per heavy atom. The van der Waals surface area contributed by atoms with Crippen molar-refractivity contribution >= 4 is 23.4 Å². The van der Waals surface area contributed by atoms with E-state index >= 15 is 0 Å². The molecular formula is C22H26ClN3O3S. The highest BCUT2D eigenvalue weighted by atomic mass is 35.5. The fourth-order valence-corrected chi connectivity index (χ4v) is 3.93. The van der Waals surface area contributed by atoms with Gasteiger partial charge < -0.3 is 14.6 Å². The predicted octanol–water partition coefficient (Wildman–Crippen LogP) is 4.72. The molecule has 1 unspecified atom stereocenters. The van der Waals surface area contributed by atoms with Gasteiger partial charge in [0.25, 0.3) is 0 Å². The molecular weight excluding hydrogens is 422 g/mol. The summed E-state index contributed by atoms with van der Waals surface area (Å²) in [6.07, 6.45) is -0.599. The lowest BCUT2D eigenvalue weighted by Gasteiger charge is -2.14. The summed E-state index contributed by atoms with van der Waals surface area (Å²) in [7, 11) is 1.58. The smallest absolute Gasteiger partial charge is 0.196 e. The lowest BCUT2D eigenvalue weighted by Crippen LogP contribution is -2.20. The monoisotopic (exact) mass is 447 g/mol. The van der Waals surface area contributed by atoms with E-state index in [1.807, 2.05) is 53.1 Å². The van der Waals surface area contributed by atoms with Crippen molar-refractivity contribution in [2.24, 2.45) is 5.92 Å². The van der Waals surface area contributed by atoms with Crippen LogP contribution in [-0.2, 0) is 4.74 Å². The van der Waals surface area contributed by atoms with Gasteiger partial charge in [0.2, 0.25) is 0 Å². The fraction of sp³-hybridized carbons (Fsp3) is 0.364. The second kappa shape index (κ2) is 10.8. The quantitative estimate of drug-likeness (QED) is 0.453. The largest absolute Gasteiger partial charge is 0.495 e. The summed E-state index contributed by atoms with van der Waals surface area (Å²) in [4.78, 5) is 0. The van der Waals surface area contributed by atoms with Crippen LogP contribution in [0, 0.1) is 5.92 Å². The molecule has 1 heterocycles. The van der Waals surface area contributed by atoms with Gasteiger partial charge in [-0.1, -0.05) is 67.5 Å². The molecule has 1 aromatic heterocycles. The standard InChI is InChI=1S/C22H26ClN3O3S/c1-15(2)12-29-13-18(27)14-30-22-25-24-21(16-7-5-4-6-8-16)26(22)17-9-10-20(28-3)19(23)11-17/h4-11,15,18,27H,12-14H2,1-3H3. The number of aliphatic hydroxyl groups excluding tert-OH is 1. The first kappa shape index (κ1) is 22.6. The lowest BCUT2D eigenvalue weighted by atomic mass is 10.2. The summed E-state index contributed by atoms with van der Waals surface area (Å²) in [6.45, 7) is 5.07. The Labute approximate surface area is 186 Å². The Morgan fingerprint density at radius 3 is 2.53 bits per heavy atom. The molecule has 2 aromatic carbocycles. The summed E-state index contributed by atoms with van der Waals surface area (Å²) in [5.41, 5.74) is 1.75. The number of thioether (sulfide) groups is 1. The number of halogens is 1. The van der Waals surface area contributed by atoms with Crippen LogP contribution < -0.4 is 4.74 Å². The molecule has 0 aliphatic carbocycles. The Bertz CT molecular complexity index is 950. The van der Waals surface area contributed by atoms with Crippen molar-refractivity contribution in [2.75, 3.05) is 26.1 Å². The number of nitrogens with zero attached hydrogens (tertiary/aromatic N) is 3. The number of aromatic nitrogens is 3. The minimum Gasteiger partial charge on any atom is -0.495 e. The first-order valence-electron chi connectivity index (χ1n) is 9.73. The molecule has 0 radical (unpaired) electrons. The highest BCUT2D eigenvalue weighted by Crippen LogP contribution is 2.32. The van der Waals surface area contributed by atoms with E-state index in [1.165, 1.54) is 11.8 Å². The molecule has 8 heteroatoms. The van der Waals surface area contributed by atoms with Crippen molar-refractivity contribution in [3.63, 3.8) is 0 Å². The van der Waals surface area contributed by atoms with Gasteiger partial charge in [-0.15, -0.1) is 10.2 Å². The van der Waals surface area contributed by atoms with Gasteiger partial charge >= 0.3 is 0 Å². The first-order chi connectivity index (χ1) is 14.5. The molecule has 160 valence electrons. The molecule has 0 bridgehead atoms. The number of benzene rings is 2. The second-order valence-electron chi connectivity index (χ2n) is 7.22. The Kier molecular flexibility index (Phi) is 8.16. The van der Waals surface area contributed by atoms with Crippen LogP contribution in [0.3, 0.4) is 0 Å². The van der Waals surface area contributed by atoms with E-state index in [2.05, 4.69) is 24.0 Å². The maximum absolute atomic E-state index is 10.3. The number of methoxy groups -OCH3 is 1. The van der Waals surface area contributed by atoms with Gasteiger partial charge in [-0.3, -0.25) is 4.57 Å². The summed E-state index contributed by atoms with van der Waals surface area (Å²) >= 11 is 7.79. The van der Waals surface area contributed by atoms with Gasteiger partial charge in [-0.2, -0.15) is 0 Å². The molecule has 0 saturated carbocycles. The summed E-state index contributed by atoms with van der Waals surface area (Å²) in [5, 5.41) is 20.2. The van der Waals surface area contributed by atoms with Crippen molar-refractivity contribution in [2.45, 2.75) is 25.1 Å². The molecule has 1 N–H and O–H groups in total. The molecule has 0 aliphatic rings. The van der Waals surface area contributed by atoms with Crippen LogP contribution in [0.1, 0.15) is 13.8 Å². The van der Waals surface area contributed by atoms with E-state index in [0.29, 0.717) is 46.6 Å². The molecule has 0 spiro atoms. The van der Waals surface area contributed by atoms with Crippen LogP contribution in [0.4, 0.5) is 0 Å². The van der Waals surface area contributed by atoms with E-state index in [9.17, 15) is 5.11 Å². The molecule has 0 amide bonds. The lowest BCUT2D eigenvalue weighted by molar-refractivity contribution is 0.0364. The normalized spacial score (nSPS) is 12.3. The van der Waals surface area contributed by atoms with Crippen LogP contribution >= 0.6 is 23.4 Å². The molecule has 0 saturated heterocycles. The summed E-state index contributed by atoms with van der Waals surface area (Å²) in [6, 6.07) is 15.4. The number of aliphatic hydroxyl groups is 1. The Morgan fingerprint density at radius 1 is 1.10 bits per heavy atom. The van der Waals surface area contributed by atoms with Crippen molar-refractivity contribution in [1.29, 1.82) is 0 Å². The SMILES string of the molecule is COc1ccc(-n2c(SCC(O)COCC(C)C)nnc2-c2ccccc2)cc1Cl. The summed E-state index contributed by atoms with van der Waals surface area (Å²) in [5.74, 6) is 2.17. The van der Waals surface area contributed by atoms with Gasteiger partial charge in [0.1, 0.15) is 5.75 Å². The molecule has 3 rings (SSSR count). The zero-order valence-corrected chi connectivity index (χ0v) is 18.9. The molecule has 30 heavy (non-hydrogen) atoms. The Hall–Kier alpha value is -2.06. The number of rotatable bonds is 10. The van der Waals surface area contributed by atoms with E-state index in [0.717, 1.165) is 11.3 Å². The van der Waals surface area contributed by atoms with E-state index < -0.39 is 6.10 Å². The van der Waals surface area contributed by atoms with Gasteiger partial charge in [0.15, 0.2) is 11.0 Å². The van der Waals surface area contributed by atoms with Gasteiger partial charge in [-0.25, -0.2) is 0 Å². The molecule has 6 nitrogen and oxygen atoms in total. The third-order valence-corrected chi connectivity index (χ3v) is 5.59. The van der Waals surface area contributed by atoms with Gasteiger partial charge in [0.05, 0.1) is 30.5 Å². The molecule has 3 aromatic rings. The van der Waals surface area contributed by atoms with Crippen molar-refractivity contribution in [3.05, 3.63) is 53.6 Å². The van der Waals surface area contributed by atoms with E-state index in [-0.39, 0.29) is 0 Å². The zero-order chi connectivity index (χ0) is 21.5. The fourth-order valence-electron chi connectivity index (χ4n) is 2.82. The minimum absolute atomic E-state index is 0.291. The van der Waals surface area contributed by atoms with Gasteiger partial charge in [0, 0.05) is 17.9 Å². The van der Waals surface area contributed by atoms with Crippen molar-refractivity contribution < 1.29 is 14.6 Å². The average Bonchev–Trinajstić information content (AvgIpc) is 3.16. The van der Waals surface area contributed by atoms with E-state index in [4.69, 9.17) is 21.1 Å². The predicted molar refractivity (Wildman–Crippen MR) is 121 cm³/mol. The van der Waals surface area contributed by atoms with Crippen LogP contribution in [-0.4, -0.2) is 52.1 Å². The number of hydrogen-bond donors (Lipinski definition) is 1. The minimum atomic E-state index is -0.599. The maximum atomic E-state index is 10.3. The van der Waals surface area contributed by atoms with Crippen LogP contribution in [0.2, 0.25) is 5.02 Å². The van der Waals surface area contributed by atoms with Crippen molar-refractivity contribution in [3.8, 4) is 22.8 Å². The molecule has 0 aliphatic heterocycles. The third kappa shape index (κ3) is 5.76. The van der Waals surface area contributed by atoms with Crippen molar-refractivity contribution in [1.82, 2.24) is 14.8 Å². The topological polar surface area (TPSA) is 69.4 Å².